The molecule has 3 aromatic rings. The number of ketones is 1. The van der Waals surface area contributed by atoms with E-state index >= 15 is 0 Å². The molecule has 0 bridgehead atoms. The second-order valence-corrected chi connectivity index (χ2v) is 8.06. The first-order valence-electron chi connectivity index (χ1n) is 10.3. The summed E-state index contributed by atoms with van der Waals surface area (Å²) in [6.45, 7) is 3.47. The number of aromatic nitrogens is 2. The summed E-state index contributed by atoms with van der Waals surface area (Å²) in [6, 6.07) is 8.49. The highest BCUT2D eigenvalue weighted by atomic mass is 16.2. The number of likely N-dealkylation sites (tertiary alicyclic amines) is 1. The molecule has 3 heterocycles. The molecule has 1 aliphatic heterocycles. The summed E-state index contributed by atoms with van der Waals surface area (Å²) in [5, 5.41) is 3.03. The van der Waals surface area contributed by atoms with Gasteiger partial charge in [0.2, 0.25) is 0 Å². The largest absolute Gasteiger partial charge is 0.360 e. The van der Waals surface area contributed by atoms with Crippen molar-refractivity contribution < 1.29 is 14.4 Å². The Morgan fingerprint density at radius 1 is 1.13 bits per heavy atom. The van der Waals surface area contributed by atoms with Crippen molar-refractivity contribution >= 4 is 34.2 Å². The average molecular weight is 420 g/mol. The molecule has 0 spiro atoms. The van der Waals surface area contributed by atoms with E-state index in [1.54, 1.807) is 23.1 Å². The Labute approximate surface area is 178 Å². The Hall–Kier alpha value is -3.68. The summed E-state index contributed by atoms with van der Waals surface area (Å²) in [5.74, 6) is -1.31. The number of nitrogens with one attached hydrogen (secondary N) is 2. The van der Waals surface area contributed by atoms with E-state index < -0.39 is 17.2 Å². The molecule has 31 heavy (non-hydrogen) atoms. The number of fused-ring (bicyclic) bond motifs is 1. The van der Waals surface area contributed by atoms with Crippen molar-refractivity contribution in [2.24, 2.45) is 13.0 Å². The quantitative estimate of drug-likeness (QED) is 0.500. The number of carbonyl (C=O) groups is 3. The van der Waals surface area contributed by atoms with E-state index in [1.807, 2.05) is 6.07 Å². The highest BCUT2D eigenvalue weighted by Crippen LogP contribution is 2.20. The van der Waals surface area contributed by atoms with Crippen LogP contribution in [0.2, 0.25) is 0 Å². The van der Waals surface area contributed by atoms with E-state index in [-0.39, 0.29) is 17.2 Å². The molecule has 0 saturated carbocycles. The normalized spacial score (nSPS) is 14.6. The molecular weight excluding hydrogens is 396 g/mol. The Morgan fingerprint density at radius 3 is 2.58 bits per heavy atom. The minimum Gasteiger partial charge on any atom is -0.360 e. The zero-order valence-electron chi connectivity index (χ0n) is 17.5. The molecule has 0 aliphatic carbocycles. The SMILES string of the molecule is CC1CCN(C(=O)c2cc(NC(=O)C(=O)c3c[nH]c4ccccc34)c(=O)n(C)c2)CC1. The monoisotopic (exact) mass is 420 g/mol. The fourth-order valence-corrected chi connectivity index (χ4v) is 3.87. The first kappa shape index (κ1) is 20.6. The maximum absolute atomic E-state index is 12.9. The third-order valence-corrected chi connectivity index (χ3v) is 5.79. The Balaban J connectivity index is 1.58. The minimum atomic E-state index is -0.932. The zero-order valence-corrected chi connectivity index (χ0v) is 17.5. The van der Waals surface area contributed by atoms with E-state index in [1.165, 1.54) is 30.1 Å². The summed E-state index contributed by atoms with van der Waals surface area (Å²) >= 11 is 0. The molecule has 2 N–H and O–H groups in total. The van der Waals surface area contributed by atoms with Crippen LogP contribution in [0, 0.1) is 5.92 Å². The van der Waals surface area contributed by atoms with Gasteiger partial charge in [-0.15, -0.1) is 0 Å². The number of para-hydroxylation sites is 1. The summed E-state index contributed by atoms with van der Waals surface area (Å²) in [7, 11) is 1.51. The van der Waals surface area contributed by atoms with Gasteiger partial charge in [-0.25, -0.2) is 0 Å². The number of pyridine rings is 1. The lowest BCUT2D eigenvalue weighted by Gasteiger charge is -2.30. The maximum Gasteiger partial charge on any atom is 0.296 e. The van der Waals surface area contributed by atoms with Crippen molar-refractivity contribution in [2.75, 3.05) is 18.4 Å². The molecule has 8 nitrogen and oxygen atoms in total. The minimum absolute atomic E-state index is 0.100. The zero-order chi connectivity index (χ0) is 22.1. The second kappa shape index (κ2) is 8.22. The lowest BCUT2D eigenvalue weighted by atomic mass is 9.99. The van der Waals surface area contributed by atoms with Gasteiger partial charge in [0.05, 0.1) is 11.1 Å². The average Bonchev–Trinajstić information content (AvgIpc) is 3.20. The molecule has 0 atom stereocenters. The van der Waals surface area contributed by atoms with Crippen LogP contribution >= 0.6 is 0 Å². The van der Waals surface area contributed by atoms with Crippen LogP contribution in [-0.2, 0) is 11.8 Å². The molecule has 8 heteroatoms. The molecule has 1 aliphatic rings. The van der Waals surface area contributed by atoms with Crippen molar-refractivity contribution in [1.29, 1.82) is 0 Å². The van der Waals surface area contributed by atoms with E-state index in [0.717, 1.165) is 18.4 Å². The Morgan fingerprint density at radius 2 is 1.84 bits per heavy atom. The topological polar surface area (TPSA) is 104 Å². The lowest BCUT2D eigenvalue weighted by molar-refractivity contribution is -0.112. The smallest absolute Gasteiger partial charge is 0.296 e. The van der Waals surface area contributed by atoms with Gasteiger partial charge in [-0.2, -0.15) is 0 Å². The van der Waals surface area contributed by atoms with Crippen LogP contribution in [0.3, 0.4) is 0 Å². The number of carbonyl (C=O) groups excluding carboxylic acids is 3. The first-order valence-corrected chi connectivity index (χ1v) is 10.3. The number of Topliss-reactive ketones (excluding diaryl/α,β-unsaturated/α-hetero) is 1. The van der Waals surface area contributed by atoms with Crippen molar-refractivity contribution in [3.05, 3.63) is 64.2 Å². The number of rotatable bonds is 4. The lowest BCUT2D eigenvalue weighted by Crippen LogP contribution is -2.38. The standard InChI is InChI=1S/C23H24N4O4/c1-14-7-9-27(10-8-14)22(30)15-11-19(23(31)26(2)13-15)25-21(29)20(28)17-12-24-18-6-4-3-5-16(17)18/h3-6,11-14,24H,7-10H2,1-2H3,(H,25,29). The summed E-state index contributed by atoms with van der Waals surface area (Å²) in [6.07, 6.45) is 4.79. The number of amides is 2. The van der Waals surface area contributed by atoms with Gasteiger partial charge in [0.15, 0.2) is 0 Å². The van der Waals surface area contributed by atoms with Crippen LogP contribution in [0.5, 0.6) is 0 Å². The predicted octanol–water partition coefficient (Wildman–Crippen LogP) is 2.56. The van der Waals surface area contributed by atoms with E-state index in [9.17, 15) is 19.2 Å². The molecule has 1 aromatic carbocycles. The number of hydrogen-bond donors (Lipinski definition) is 2. The molecular formula is C23H24N4O4. The molecule has 2 aromatic heterocycles. The fraction of sp³-hybridized carbons (Fsp3) is 0.304. The van der Waals surface area contributed by atoms with Gasteiger partial charge < -0.3 is 19.8 Å². The van der Waals surface area contributed by atoms with Gasteiger partial charge in [-0.3, -0.25) is 19.2 Å². The summed E-state index contributed by atoms with van der Waals surface area (Å²) in [4.78, 5) is 55.5. The molecule has 1 fully saturated rings. The highest BCUT2D eigenvalue weighted by molar-refractivity contribution is 6.48. The van der Waals surface area contributed by atoms with Crippen LogP contribution in [-0.4, -0.2) is 45.1 Å². The van der Waals surface area contributed by atoms with E-state index in [0.29, 0.717) is 30.0 Å². The summed E-state index contributed by atoms with van der Waals surface area (Å²) < 4.78 is 1.24. The van der Waals surface area contributed by atoms with Crippen molar-refractivity contribution in [2.45, 2.75) is 19.8 Å². The van der Waals surface area contributed by atoms with Crippen molar-refractivity contribution in [3.63, 3.8) is 0 Å². The molecule has 160 valence electrons. The number of aryl methyl sites for hydroxylation is 1. The first-order chi connectivity index (χ1) is 14.8. The van der Waals surface area contributed by atoms with Crippen LogP contribution in [0.1, 0.15) is 40.5 Å². The predicted molar refractivity (Wildman–Crippen MR) is 117 cm³/mol. The van der Waals surface area contributed by atoms with Gasteiger partial charge in [0, 0.05) is 43.4 Å². The van der Waals surface area contributed by atoms with Crippen molar-refractivity contribution in [3.8, 4) is 0 Å². The fourth-order valence-electron chi connectivity index (χ4n) is 3.87. The molecule has 4 rings (SSSR count). The van der Waals surface area contributed by atoms with Gasteiger partial charge >= 0.3 is 0 Å². The number of anilines is 1. The van der Waals surface area contributed by atoms with Crippen LogP contribution in [0.25, 0.3) is 10.9 Å². The molecule has 0 unspecified atom stereocenters. The van der Waals surface area contributed by atoms with Gasteiger partial charge in [-0.1, -0.05) is 25.1 Å². The number of benzene rings is 1. The Kier molecular flexibility index (Phi) is 5.46. The van der Waals surface area contributed by atoms with E-state index in [4.69, 9.17) is 0 Å². The third-order valence-electron chi connectivity index (χ3n) is 5.79. The maximum atomic E-state index is 12.9. The van der Waals surface area contributed by atoms with Gasteiger partial charge in [-0.05, 0) is 30.9 Å². The third kappa shape index (κ3) is 4.01. The van der Waals surface area contributed by atoms with E-state index in [2.05, 4.69) is 17.2 Å². The van der Waals surface area contributed by atoms with Crippen LogP contribution < -0.4 is 10.9 Å². The Bertz CT molecular complexity index is 1230. The number of nitrogens with zero attached hydrogens (tertiary/aromatic N) is 2. The number of piperidine rings is 1. The molecule has 1 saturated heterocycles. The number of hydrogen-bond acceptors (Lipinski definition) is 4. The molecule has 0 radical (unpaired) electrons. The van der Waals surface area contributed by atoms with Gasteiger partial charge in [0.25, 0.3) is 23.2 Å². The highest BCUT2D eigenvalue weighted by Gasteiger charge is 2.24. The van der Waals surface area contributed by atoms with Crippen molar-refractivity contribution in [1.82, 2.24) is 14.5 Å². The van der Waals surface area contributed by atoms with Gasteiger partial charge in [0.1, 0.15) is 5.69 Å². The number of H-pyrrole nitrogens is 1. The summed E-state index contributed by atoms with van der Waals surface area (Å²) in [5.41, 5.74) is 0.657. The second-order valence-electron chi connectivity index (χ2n) is 8.06. The van der Waals surface area contributed by atoms with Crippen LogP contribution in [0.15, 0.2) is 47.5 Å². The number of aromatic amines is 1. The molecule has 2 amide bonds. The van der Waals surface area contributed by atoms with Crippen LogP contribution in [0.4, 0.5) is 5.69 Å².